The van der Waals surface area contributed by atoms with Gasteiger partial charge in [-0.2, -0.15) is 0 Å². The smallest absolute Gasteiger partial charge is 0.303 e. The summed E-state index contributed by atoms with van der Waals surface area (Å²) >= 11 is 2.34. The molecule has 5 atom stereocenters. The van der Waals surface area contributed by atoms with Crippen LogP contribution in [0.25, 0.3) is 0 Å². The molecule has 166 valence electrons. The minimum Gasteiger partial charge on any atom is -0.481 e. The van der Waals surface area contributed by atoms with Crippen LogP contribution in [-0.4, -0.2) is 34.4 Å². The first kappa shape index (κ1) is 26.1. The fourth-order valence-electron chi connectivity index (χ4n) is 4.07. The van der Waals surface area contributed by atoms with Crippen LogP contribution < -0.4 is 0 Å². The molecular weight excluding hydrogens is 483 g/mol. The van der Waals surface area contributed by atoms with Crippen LogP contribution >= 0.6 is 22.6 Å². The zero-order valence-corrected chi connectivity index (χ0v) is 20.1. The summed E-state index contributed by atoms with van der Waals surface area (Å²) < 4.78 is 6.82. The van der Waals surface area contributed by atoms with E-state index in [4.69, 9.17) is 9.84 Å². The van der Waals surface area contributed by atoms with Gasteiger partial charge in [-0.15, -0.1) is 0 Å². The number of carboxylic acids is 1. The van der Waals surface area contributed by atoms with Gasteiger partial charge in [0.25, 0.3) is 0 Å². The van der Waals surface area contributed by atoms with Gasteiger partial charge in [-0.3, -0.25) is 9.59 Å². The minimum absolute atomic E-state index is 0.0897. The molecule has 0 saturated heterocycles. The lowest BCUT2D eigenvalue weighted by Crippen LogP contribution is -2.23. The maximum Gasteiger partial charge on any atom is 0.303 e. The van der Waals surface area contributed by atoms with E-state index in [0.29, 0.717) is 18.3 Å². The number of unbranched alkanes of at least 4 members (excludes halogenated alkanes) is 3. The number of carboxylic acid groups (broad SMARTS) is 1. The van der Waals surface area contributed by atoms with Gasteiger partial charge in [0.2, 0.25) is 0 Å². The summed E-state index contributed by atoms with van der Waals surface area (Å²) in [6, 6.07) is 0. The topological polar surface area (TPSA) is 83.8 Å². The fourth-order valence-corrected chi connectivity index (χ4v) is 4.89. The minimum atomic E-state index is -0.759. The monoisotopic (exact) mass is 520 g/mol. The first-order chi connectivity index (χ1) is 13.7. The third kappa shape index (κ3) is 10.6. The molecule has 1 aliphatic carbocycles. The summed E-state index contributed by atoms with van der Waals surface area (Å²) in [5, 5.41) is 19.0. The Morgan fingerprint density at radius 2 is 2.00 bits per heavy atom. The van der Waals surface area contributed by atoms with E-state index in [2.05, 4.69) is 48.6 Å². The first-order valence-corrected chi connectivity index (χ1v) is 11.9. The average molecular weight is 520 g/mol. The molecule has 0 radical (unpaired) electrons. The van der Waals surface area contributed by atoms with E-state index in [9.17, 15) is 14.7 Å². The summed E-state index contributed by atoms with van der Waals surface area (Å²) in [7, 11) is 0. The summed E-state index contributed by atoms with van der Waals surface area (Å²) in [6.45, 7) is 5.79. The number of esters is 1. The summed E-state index contributed by atoms with van der Waals surface area (Å²) in [4.78, 5) is 22.2. The molecule has 0 aliphatic heterocycles. The molecule has 6 heteroatoms. The van der Waals surface area contributed by atoms with Crippen molar-refractivity contribution >= 4 is 34.5 Å². The third-order valence-corrected chi connectivity index (χ3v) is 6.51. The summed E-state index contributed by atoms with van der Waals surface area (Å²) in [5.41, 5.74) is 0. The Morgan fingerprint density at radius 1 is 1.28 bits per heavy atom. The number of aliphatic hydroxyl groups excluding tert-OH is 1. The second-order valence-electron chi connectivity index (χ2n) is 8.19. The van der Waals surface area contributed by atoms with E-state index in [-0.39, 0.29) is 24.4 Å². The van der Waals surface area contributed by atoms with Crippen molar-refractivity contribution in [1.82, 2.24) is 0 Å². The number of carbonyl (C=O) groups is 2. The van der Waals surface area contributed by atoms with E-state index in [1.54, 1.807) is 0 Å². The maximum absolute atomic E-state index is 11.6. The number of ether oxygens (including phenoxy) is 1. The zero-order chi connectivity index (χ0) is 21.8. The van der Waals surface area contributed by atoms with Gasteiger partial charge in [0, 0.05) is 19.3 Å². The van der Waals surface area contributed by atoms with Crippen LogP contribution in [0.4, 0.5) is 0 Å². The van der Waals surface area contributed by atoms with Crippen molar-refractivity contribution in [2.45, 2.75) is 90.8 Å². The molecule has 1 rings (SSSR count). The largest absolute Gasteiger partial charge is 0.481 e. The number of hydrogen-bond donors (Lipinski definition) is 2. The van der Waals surface area contributed by atoms with Gasteiger partial charge >= 0.3 is 11.9 Å². The number of halogens is 1. The Labute approximate surface area is 189 Å². The highest BCUT2D eigenvalue weighted by Crippen LogP contribution is 2.44. The van der Waals surface area contributed by atoms with Crippen LogP contribution in [0.15, 0.2) is 21.8 Å². The van der Waals surface area contributed by atoms with Crippen LogP contribution in [0.2, 0.25) is 0 Å². The number of aliphatic hydroxyl groups is 1. The molecule has 0 amide bonds. The molecule has 29 heavy (non-hydrogen) atoms. The Balaban J connectivity index is 2.78. The van der Waals surface area contributed by atoms with Crippen LogP contribution in [0.3, 0.4) is 0 Å². The van der Waals surface area contributed by atoms with Crippen molar-refractivity contribution in [3.8, 4) is 0 Å². The number of aliphatic carboxylic acids is 1. The molecule has 1 saturated carbocycles. The molecule has 1 fully saturated rings. The van der Waals surface area contributed by atoms with Gasteiger partial charge in [-0.25, -0.2) is 0 Å². The van der Waals surface area contributed by atoms with Crippen molar-refractivity contribution in [3.63, 3.8) is 0 Å². The molecule has 5 nitrogen and oxygen atoms in total. The van der Waals surface area contributed by atoms with Crippen molar-refractivity contribution < 1.29 is 24.5 Å². The second kappa shape index (κ2) is 14.2. The summed E-state index contributed by atoms with van der Waals surface area (Å²) in [6.07, 6.45) is 12.8. The lowest BCUT2D eigenvalue weighted by Gasteiger charge is -2.23. The van der Waals surface area contributed by atoms with E-state index < -0.39 is 12.1 Å². The Morgan fingerprint density at radius 3 is 2.62 bits per heavy atom. The van der Waals surface area contributed by atoms with Crippen molar-refractivity contribution in [2.75, 3.05) is 0 Å². The summed E-state index contributed by atoms with van der Waals surface area (Å²) in [5.74, 6) is -0.190. The van der Waals surface area contributed by atoms with Gasteiger partial charge in [-0.1, -0.05) is 51.3 Å². The predicted molar refractivity (Wildman–Crippen MR) is 124 cm³/mol. The molecule has 0 aromatic rings. The van der Waals surface area contributed by atoms with E-state index in [1.165, 1.54) is 10.5 Å². The van der Waals surface area contributed by atoms with Crippen LogP contribution in [0.1, 0.15) is 78.6 Å². The van der Waals surface area contributed by atoms with Gasteiger partial charge in [-0.05, 0) is 70.1 Å². The molecule has 0 unspecified atom stereocenters. The Kier molecular flexibility index (Phi) is 12.8. The molecule has 0 bridgehead atoms. The lowest BCUT2D eigenvalue weighted by molar-refractivity contribution is -0.147. The van der Waals surface area contributed by atoms with Crippen LogP contribution in [0, 0.1) is 17.8 Å². The fraction of sp³-hybridized carbons (Fsp3) is 0.739. The van der Waals surface area contributed by atoms with Crippen LogP contribution in [-0.2, 0) is 14.3 Å². The van der Waals surface area contributed by atoms with Crippen molar-refractivity contribution in [3.05, 3.63) is 21.8 Å². The van der Waals surface area contributed by atoms with Crippen molar-refractivity contribution in [1.29, 1.82) is 0 Å². The maximum atomic E-state index is 11.6. The van der Waals surface area contributed by atoms with Gasteiger partial charge in [0.1, 0.15) is 6.10 Å². The zero-order valence-electron chi connectivity index (χ0n) is 18.0. The highest BCUT2D eigenvalue weighted by atomic mass is 127. The number of allylic oxidation sites excluding steroid dienone is 2. The lowest BCUT2D eigenvalue weighted by atomic mass is 9.86. The molecule has 0 aromatic carbocycles. The van der Waals surface area contributed by atoms with E-state index >= 15 is 0 Å². The average Bonchev–Trinajstić information content (AvgIpc) is 2.91. The molecule has 0 aromatic heterocycles. The Hall–Kier alpha value is -0.890. The van der Waals surface area contributed by atoms with Gasteiger partial charge in [0.15, 0.2) is 0 Å². The molecule has 1 aliphatic rings. The molecule has 2 N–H and O–H groups in total. The first-order valence-electron chi connectivity index (χ1n) is 10.8. The Bertz CT molecular complexity index is 572. The molecule has 0 heterocycles. The number of rotatable bonds is 13. The van der Waals surface area contributed by atoms with Gasteiger partial charge < -0.3 is 14.9 Å². The molecular formula is C23H37IO5. The molecule has 0 spiro atoms. The predicted octanol–water partition coefficient (Wildman–Crippen LogP) is 5.65. The van der Waals surface area contributed by atoms with Gasteiger partial charge in [0.05, 0.1) is 6.10 Å². The van der Waals surface area contributed by atoms with E-state index in [0.717, 1.165) is 44.9 Å². The van der Waals surface area contributed by atoms with E-state index in [1.807, 2.05) is 6.08 Å². The number of carbonyl (C=O) groups excluding carboxylic acids is 1. The standard InChI is InChI=1S/C23H37IO5/c1-4-5-6-10-19(26)12-13-20-21(16(2)14-22(20)29-17(3)25)15-18(24)9-7-8-11-23(27)28/h9,12-13,16,19-22,26H,4-8,10-11,14-15H2,1-3H3,(H,27,28)/b13-12+,18-9-/t16-,19-,20+,21-,22+/m0/s1. The highest BCUT2D eigenvalue weighted by Gasteiger charge is 2.41. The highest BCUT2D eigenvalue weighted by molar-refractivity contribution is 14.1. The number of hydrogen-bond acceptors (Lipinski definition) is 4. The third-order valence-electron chi connectivity index (χ3n) is 5.63. The SMILES string of the molecule is CCCCC[C@H](O)/C=C/[C@@H]1[C@@H](C/C(I)=C/CCCC(=O)O)[C@@H](C)C[C@H]1OC(C)=O. The normalized spacial score (nSPS) is 26.0. The second-order valence-corrected chi connectivity index (χ2v) is 9.58. The quantitative estimate of drug-likeness (QED) is 0.142. The van der Waals surface area contributed by atoms with Crippen LogP contribution in [0.5, 0.6) is 0 Å². The van der Waals surface area contributed by atoms with Crippen molar-refractivity contribution in [2.24, 2.45) is 17.8 Å².